The molecule has 0 bridgehead atoms. The van der Waals surface area contributed by atoms with Crippen LogP contribution in [-0.4, -0.2) is 22.8 Å². The number of carbonyl (C=O) groups is 2. The van der Waals surface area contributed by atoms with E-state index in [1.807, 2.05) is 0 Å². The Morgan fingerprint density at radius 1 is 1.18 bits per heavy atom. The maximum atomic E-state index is 11.5. The van der Waals surface area contributed by atoms with Gasteiger partial charge in [0.05, 0.1) is 6.42 Å². The fourth-order valence-electron chi connectivity index (χ4n) is 0.326. The maximum absolute atomic E-state index is 11.5. The van der Waals surface area contributed by atoms with Crippen molar-refractivity contribution in [1.29, 1.82) is 0 Å². The summed E-state index contributed by atoms with van der Waals surface area (Å²) in [5.74, 6) is -2.36. The smallest absolute Gasteiger partial charge is 0.296 e. The average Bonchev–Trinajstić information content (AvgIpc) is 1.87. The van der Waals surface area contributed by atoms with Crippen LogP contribution < -0.4 is 0 Å². The van der Waals surface area contributed by atoms with Crippen LogP contribution in [0.3, 0.4) is 0 Å². The van der Waals surface area contributed by atoms with Crippen molar-refractivity contribution in [1.82, 2.24) is 0 Å². The number of Topliss-reactive ketones (excluding diaryl/α,β-unsaturated/α-hetero) is 2. The van der Waals surface area contributed by atoms with E-state index in [1.165, 1.54) is 0 Å². The molecule has 0 aromatic carbocycles. The summed E-state index contributed by atoms with van der Waals surface area (Å²) in [4.78, 5) is 19.2. The standard InChI is InChI=1S/C5H4Cl2F2O2/c6-4(7)2(10)1-3(11)5(8)9/h4-5H,1H2. The summed E-state index contributed by atoms with van der Waals surface area (Å²) in [6.07, 6.45) is -4.04. The Labute approximate surface area is 71.5 Å². The molecule has 0 atom stereocenters. The van der Waals surface area contributed by atoms with Crippen molar-refractivity contribution in [3.8, 4) is 0 Å². The number of hydrogen-bond acceptors (Lipinski definition) is 2. The molecule has 0 N–H and O–H groups in total. The first-order valence-corrected chi connectivity index (χ1v) is 3.44. The predicted molar refractivity (Wildman–Crippen MR) is 36.1 cm³/mol. The highest BCUT2D eigenvalue weighted by Gasteiger charge is 2.22. The quantitative estimate of drug-likeness (QED) is 0.515. The van der Waals surface area contributed by atoms with Gasteiger partial charge in [-0.1, -0.05) is 23.2 Å². The van der Waals surface area contributed by atoms with Gasteiger partial charge >= 0.3 is 0 Å². The fourth-order valence-corrected chi connectivity index (χ4v) is 0.480. The Morgan fingerprint density at radius 3 is 1.91 bits per heavy atom. The van der Waals surface area contributed by atoms with Crippen molar-refractivity contribution in [3.05, 3.63) is 0 Å². The van der Waals surface area contributed by atoms with Gasteiger partial charge in [-0.2, -0.15) is 0 Å². The highest BCUT2D eigenvalue weighted by atomic mass is 35.5. The summed E-state index contributed by atoms with van der Waals surface area (Å²) < 4.78 is 22.9. The molecule has 0 unspecified atom stereocenters. The highest BCUT2D eigenvalue weighted by Crippen LogP contribution is 2.08. The van der Waals surface area contributed by atoms with Crippen molar-refractivity contribution >= 4 is 34.8 Å². The first-order chi connectivity index (χ1) is 4.95. The highest BCUT2D eigenvalue weighted by molar-refractivity contribution is 6.54. The fraction of sp³-hybridized carbons (Fsp3) is 0.600. The summed E-state index contributed by atoms with van der Waals surface area (Å²) in [7, 11) is 0. The largest absolute Gasteiger partial charge is 0.296 e. The third kappa shape index (κ3) is 4.27. The van der Waals surface area contributed by atoms with Crippen LogP contribution >= 0.6 is 23.2 Å². The van der Waals surface area contributed by atoms with E-state index in [1.54, 1.807) is 0 Å². The zero-order valence-electron chi connectivity index (χ0n) is 5.19. The Bertz CT molecular complexity index is 152. The van der Waals surface area contributed by atoms with Crippen molar-refractivity contribution in [3.63, 3.8) is 0 Å². The molecule has 0 aromatic heterocycles. The first kappa shape index (κ1) is 10.8. The molecular weight excluding hydrogens is 201 g/mol. The monoisotopic (exact) mass is 204 g/mol. The Morgan fingerprint density at radius 2 is 1.64 bits per heavy atom. The molecule has 2 nitrogen and oxygen atoms in total. The molecule has 0 aromatic rings. The van der Waals surface area contributed by atoms with E-state index in [0.717, 1.165) is 0 Å². The van der Waals surface area contributed by atoms with Crippen molar-refractivity contribution in [2.45, 2.75) is 17.7 Å². The zero-order valence-corrected chi connectivity index (χ0v) is 6.70. The van der Waals surface area contributed by atoms with Crippen LogP contribution in [0.4, 0.5) is 8.78 Å². The van der Waals surface area contributed by atoms with Gasteiger partial charge in [0.25, 0.3) is 6.43 Å². The lowest BCUT2D eigenvalue weighted by atomic mass is 10.2. The van der Waals surface area contributed by atoms with Gasteiger partial charge in [-0.3, -0.25) is 9.59 Å². The number of ketones is 2. The van der Waals surface area contributed by atoms with E-state index < -0.39 is 29.2 Å². The lowest BCUT2D eigenvalue weighted by Gasteiger charge is -1.98. The molecule has 0 radical (unpaired) electrons. The molecule has 6 heteroatoms. The summed E-state index contributed by atoms with van der Waals surface area (Å²) in [5.41, 5.74) is 0. The topological polar surface area (TPSA) is 34.1 Å². The van der Waals surface area contributed by atoms with Gasteiger partial charge in [-0.25, -0.2) is 8.78 Å². The van der Waals surface area contributed by atoms with Crippen molar-refractivity contribution in [2.24, 2.45) is 0 Å². The van der Waals surface area contributed by atoms with Crippen LogP contribution in [0, 0.1) is 0 Å². The first-order valence-electron chi connectivity index (χ1n) is 2.57. The second-order valence-electron chi connectivity index (χ2n) is 1.71. The van der Waals surface area contributed by atoms with Crippen LogP contribution in [0.5, 0.6) is 0 Å². The van der Waals surface area contributed by atoms with Crippen LogP contribution in [-0.2, 0) is 9.59 Å². The molecule has 0 rings (SSSR count). The molecule has 0 aliphatic heterocycles. The summed E-state index contributed by atoms with van der Waals surface area (Å²) >= 11 is 9.99. The van der Waals surface area contributed by atoms with Crippen LogP contribution in [0.15, 0.2) is 0 Å². The normalized spacial score (nSPS) is 10.7. The number of carbonyl (C=O) groups excluding carboxylic acids is 2. The summed E-state index contributed by atoms with van der Waals surface area (Å²) in [5, 5.41) is 0. The molecule has 0 aliphatic rings. The van der Waals surface area contributed by atoms with Crippen molar-refractivity contribution < 1.29 is 18.4 Å². The lowest BCUT2D eigenvalue weighted by Crippen LogP contribution is -2.18. The number of alkyl halides is 4. The van der Waals surface area contributed by atoms with Crippen LogP contribution in [0.25, 0.3) is 0 Å². The molecular formula is C5H4Cl2F2O2. The van der Waals surface area contributed by atoms with E-state index in [-0.39, 0.29) is 0 Å². The minimum Gasteiger partial charge on any atom is -0.296 e. The number of hydrogen-bond donors (Lipinski definition) is 0. The van der Waals surface area contributed by atoms with E-state index in [2.05, 4.69) is 0 Å². The third-order valence-corrected chi connectivity index (χ3v) is 1.32. The Balaban J connectivity index is 3.86. The number of rotatable bonds is 4. The molecule has 0 aliphatic carbocycles. The maximum Gasteiger partial charge on any atom is 0.296 e. The minimum absolute atomic E-state index is 0.904. The second kappa shape index (κ2) is 4.62. The molecule has 0 spiro atoms. The summed E-state index contributed by atoms with van der Waals surface area (Å²) in [6.45, 7) is 0. The predicted octanol–water partition coefficient (Wildman–Crippen LogP) is 1.58. The van der Waals surface area contributed by atoms with Gasteiger partial charge < -0.3 is 0 Å². The van der Waals surface area contributed by atoms with Gasteiger partial charge in [-0.05, 0) is 0 Å². The molecule has 0 saturated carbocycles. The summed E-state index contributed by atoms with van der Waals surface area (Å²) in [6, 6.07) is 0. The Kier molecular flexibility index (Phi) is 4.52. The molecule has 11 heavy (non-hydrogen) atoms. The van der Waals surface area contributed by atoms with Crippen LogP contribution in [0.1, 0.15) is 6.42 Å². The Hall–Kier alpha value is -0.220. The van der Waals surface area contributed by atoms with Gasteiger partial charge in [-0.15, -0.1) is 0 Å². The van der Waals surface area contributed by atoms with Gasteiger partial charge in [0.15, 0.2) is 10.6 Å². The molecule has 64 valence electrons. The van der Waals surface area contributed by atoms with E-state index in [0.29, 0.717) is 0 Å². The van der Waals surface area contributed by atoms with Crippen LogP contribution in [0.2, 0.25) is 0 Å². The average molecular weight is 205 g/mol. The molecule has 0 heterocycles. The van der Waals surface area contributed by atoms with Gasteiger partial charge in [0.2, 0.25) is 5.78 Å². The lowest BCUT2D eigenvalue weighted by molar-refractivity contribution is -0.133. The SMILES string of the molecule is O=C(CC(=O)C(Cl)Cl)C(F)F. The molecule has 0 fully saturated rings. The van der Waals surface area contributed by atoms with E-state index in [9.17, 15) is 18.4 Å². The minimum atomic E-state index is -3.13. The van der Waals surface area contributed by atoms with E-state index in [4.69, 9.17) is 23.2 Å². The van der Waals surface area contributed by atoms with E-state index >= 15 is 0 Å². The van der Waals surface area contributed by atoms with Gasteiger partial charge in [0.1, 0.15) is 0 Å². The zero-order chi connectivity index (χ0) is 9.02. The number of halogens is 4. The molecule has 0 saturated heterocycles. The third-order valence-electron chi connectivity index (χ3n) is 0.835. The molecule has 0 amide bonds. The second-order valence-corrected chi connectivity index (χ2v) is 2.81. The van der Waals surface area contributed by atoms with Gasteiger partial charge in [0, 0.05) is 0 Å². The van der Waals surface area contributed by atoms with Crippen molar-refractivity contribution in [2.75, 3.05) is 0 Å².